The molecule has 4 nitrogen and oxygen atoms in total. The molecule has 1 heterocycles. The maximum absolute atomic E-state index is 13.3. The van der Waals surface area contributed by atoms with Gasteiger partial charge in [-0.3, -0.25) is 4.79 Å². The first kappa shape index (κ1) is 22.6. The Hall–Kier alpha value is -2.56. The fourth-order valence-corrected chi connectivity index (χ4v) is 4.84. The van der Waals surface area contributed by atoms with Gasteiger partial charge in [0.05, 0.1) is 15.6 Å². The first-order chi connectivity index (χ1) is 15.2. The van der Waals surface area contributed by atoms with Crippen molar-refractivity contribution < 1.29 is 14.3 Å². The number of Topliss-reactive ketones (excluding diaryl/α,β-unsaturated/α-hetero) is 1. The fraction of sp³-hybridized carbons (Fsp3) is 0.308. The molecule has 166 valence electrons. The van der Waals surface area contributed by atoms with Gasteiger partial charge in [0.15, 0.2) is 5.78 Å². The fourth-order valence-electron chi connectivity index (χ4n) is 4.53. The van der Waals surface area contributed by atoms with Crippen LogP contribution in [0.15, 0.2) is 71.1 Å². The molecule has 6 heteroatoms. The molecule has 1 N–H and O–H groups in total. The lowest BCUT2D eigenvalue weighted by atomic mass is 9.68. The lowest BCUT2D eigenvalue weighted by Gasteiger charge is -2.39. The maximum Gasteiger partial charge on any atom is 0.337 e. The van der Waals surface area contributed by atoms with Crippen LogP contribution in [0.1, 0.15) is 50.7 Å². The van der Waals surface area contributed by atoms with E-state index in [1.54, 1.807) is 12.1 Å². The molecule has 0 spiro atoms. The van der Waals surface area contributed by atoms with E-state index in [4.69, 9.17) is 27.9 Å². The van der Waals surface area contributed by atoms with Crippen LogP contribution in [0.3, 0.4) is 0 Å². The van der Waals surface area contributed by atoms with Crippen molar-refractivity contribution in [2.24, 2.45) is 5.41 Å². The molecule has 2 aromatic carbocycles. The topological polar surface area (TPSA) is 55.4 Å². The molecule has 4 rings (SSSR count). The molecule has 0 bridgehead atoms. The normalized spacial score (nSPS) is 20.0. The van der Waals surface area contributed by atoms with Crippen molar-refractivity contribution in [3.8, 4) is 0 Å². The number of esters is 1. The number of dihydropyridines is 1. The molecule has 0 fully saturated rings. The third-order valence-corrected chi connectivity index (χ3v) is 6.69. The van der Waals surface area contributed by atoms with Crippen molar-refractivity contribution in [2.75, 3.05) is 0 Å². The second-order valence-electron chi connectivity index (χ2n) is 9.17. The Morgan fingerprint density at radius 2 is 1.81 bits per heavy atom. The summed E-state index contributed by atoms with van der Waals surface area (Å²) in [7, 11) is 0. The van der Waals surface area contributed by atoms with Crippen LogP contribution in [0.25, 0.3) is 0 Å². The van der Waals surface area contributed by atoms with Gasteiger partial charge in [0, 0.05) is 29.3 Å². The van der Waals surface area contributed by atoms with E-state index in [1.165, 1.54) is 0 Å². The minimum Gasteiger partial charge on any atom is -0.457 e. The second-order valence-corrected chi connectivity index (χ2v) is 9.98. The summed E-state index contributed by atoms with van der Waals surface area (Å²) < 4.78 is 5.67. The van der Waals surface area contributed by atoms with E-state index >= 15 is 0 Å². The van der Waals surface area contributed by atoms with Crippen LogP contribution in [0.2, 0.25) is 10.0 Å². The molecule has 0 saturated heterocycles. The van der Waals surface area contributed by atoms with Gasteiger partial charge in [0.1, 0.15) is 6.61 Å². The molecule has 2 aromatic rings. The van der Waals surface area contributed by atoms with Crippen LogP contribution in [0, 0.1) is 5.41 Å². The standard InChI is InChI=1S/C26H25Cl2NO3/c1-15-22(25(31)32-14-16-7-5-4-6-8-16)23(17-9-10-18(27)19(28)11-17)24-20(29-15)12-26(2,3)13-21(24)30/h4-11,23,29H,12-14H2,1-3H3/t23-/m1/s1. The van der Waals surface area contributed by atoms with Gasteiger partial charge in [-0.05, 0) is 42.0 Å². The maximum atomic E-state index is 13.3. The number of nitrogens with one attached hydrogen (secondary N) is 1. The lowest BCUT2D eigenvalue weighted by molar-refractivity contribution is -0.140. The van der Waals surface area contributed by atoms with Crippen LogP contribution in [0.4, 0.5) is 0 Å². The van der Waals surface area contributed by atoms with Gasteiger partial charge in [-0.2, -0.15) is 0 Å². The van der Waals surface area contributed by atoms with E-state index in [2.05, 4.69) is 19.2 Å². The number of ketones is 1. The molecule has 2 aliphatic rings. The third-order valence-electron chi connectivity index (χ3n) is 5.95. The van der Waals surface area contributed by atoms with Gasteiger partial charge in [0.25, 0.3) is 0 Å². The summed E-state index contributed by atoms with van der Waals surface area (Å²) in [5.74, 6) is -0.993. The molecule has 1 atom stereocenters. The average Bonchev–Trinajstić information content (AvgIpc) is 2.73. The van der Waals surface area contributed by atoms with Gasteiger partial charge in [-0.1, -0.05) is 73.4 Å². The molecule has 0 unspecified atom stereocenters. The van der Waals surface area contributed by atoms with Crippen LogP contribution in [-0.2, 0) is 20.9 Å². The summed E-state index contributed by atoms with van der Waals surface area (Å²) in [5, 5.41) is 4.14. The zero-order valence-electron chi connectivity index (χ0n) is 18.3. The van der Waals surface area contributed by atoms with E-state index in [0.717, 1.165) is 23.2 Å². The Kier molecular flexibility index (Phi) is 6.19. The Balaban J connectivity index is 1.76. The zero-order chi connectivity index (χ0) is 23.0. The number of hydrogen-bond donors (Lipinski definition) is 1. The highest BCUT2D eigenvalue weighted by molar-refractivity contribution is 6.42. The van der Waals surface area contributed by atoms with E-state index in [9.17, 15) is 9.59 Å². The summed E-state index contributed by atoms with van der Waals surface area (Å²) in [6, 6.07) is 14.8. The quantitative estimate of drug-likeness (QED) is 0.530. The number of allylic oxidation sites excluding steroid dienone is 3. The predicted octanol–water partition coefficient (Wildman–Crippen LogP) is 6.34. The van der Waals surface area contributed by atoms with Crippen LogP contribution in [-0.4, -0.2) is 11.8 Å². The molecule has 0 aromatic heterocycles. The number of halogens is 2. The van der Waals surface area contributed by atoms with Crippen LogP contribution in [0.5, 0.6) is 0 Å². The van der Waals surface area contributed by atoms with Crippen molar-refractivity contribution in [1.29, 1.82) is 0 Å². The minimum absolute atomic E-state index is 0.0284. The Morgan fingerprint density at radius 1 is 1.09 bits per heavy atom. The van der Waals surface area contributed by atoms with Gasteiger partial charge in [0.2, 0.25) is 0 Å². The predicted molar refractivity (Wildman–Crippen MR) is 126 cm³/mol. The SMILES string of the molecule is CC1=C(C(=O)OCc2ccccc2)[C@@H](c2ccc(Cl)c(Cl)c2)C2=C(CC(C)(C)CC2=O)N1. The van der Waals surface area contributed by atoms with Gasteiger partial charge < -0.3 is 10.1 Å². The summed E-state index contributed by atoms with van der Waals surface area (Å²) in [5.41, 5.74) is 4.06. The van der Waals surface area contributed by atoms with E-state index in [0.29, 0.717) is 33.3 Å². The summed E-state index contributed by atoms with van der Waals surface area (Å²) in [4.78, 5) is 26.6. The monoisotopic (exact) mass is 469 g/mol. The lowest BCUT2D eigenvalue weighted by Crippen LogP contribution is -2.38. The molecule has 0 radical (unpaired) electrons. The third kappa shape index (κ3) is 4.48. The highest BCUT2D eigenvalue weighted by atomic mass is 35.5. The summed E-state index contributed by atoms with van der Waals surface area (Å²) in [6.45, 7) is 6.15. The van der Waals surface area contributed by atoms with Gasteiger partial charge in [-0.25, -0.2) is 4.79 Å². The van der Waals surface area contributed by atoms with Crippen molar-refractivity contribution in [1.82, 2.24) is 5.32 Å². The van der Waals surface area contributed by atoms with E-state index in [1.807, 2.05) is 43.3 Å². The van der Waals surface area contributed by atoms with Gasteiger partial charge in [-0.15, -0.1) is 0 Å². The van der Waals surface area contributed by atoms with E-state index < -0.39 is 11.9 Å². The summed E-state index contributed by atoms with van der Waals surface area (Å²) >= 11 is 12.5. The van der Waals surface area contributed by atoms with Gasteiger partial charge >= 0.3 is 5.97 Å². The molecule has 1 aliphatic heterocycles. The van der Waals surface area contributed by atoms with Crippen molar-refractivity contribution in [3.05, 3.63) is 92.2 Å². The number of ether oxygens (including phenoxy) is 1. The summed E-state index contributed by atoms with van der Waals surface area (Å²) in [6.07, 6.45) is 1.13. The largest absolute Gasteiger partial charge is 0.457 e. The van der Waals surface area contributed by atoms with Crippen molar-refractivity contribution >= 4 is 35.0 Å². The molecule has 32 heavy (non-hydrogen) atoms. The van der Waals surface area contributed by atoms with E-state index in [-0.39, 0.29) is 17.8 Å². The molecular formula is C26H25Cl2NO3. The molecular weight excluding hydrogens is 445 g/mol. The Morgan fingerprint density at radius 3 is 2.50 bits per heavy atom. The van der Waals surface area contributed by atoms with Crippen molar-refractivity contribution in [2.45, 2.75) is 46.1 Å². The highest BCUT2D eigenvalue weighted by Crippen LogP contribution is 2.47. The second kappa shape index (κ2) is 8.76. The first-order valence-corrected chi connectivity index (χ1v) is 11.3. The van der Waals surface area contributed by atoms with Crippen LogP contribution >= 0.6 is 23.2 Å². The number of carbonyl (C=O) groups is 2. The Bertz CT molecular complexity index is 1150. The number of carbonyl (C=O) groups excluding carboxylic acids is 2. The Labute approximate surface area is 198 Å². The molecule has 0 saturated carbocycles. The number of rotatable bonds is 4. The van der Waals surface area contributed by atoms with Crippen LogP contribution < -0.4 is 5.32 Å². The highest BCUT2D eigenvalue weighted by Gasteiger charge is 2.43. The smallest absolute Gasteiger partial charge is 0.337 e. The average molecular weight is 470 g/mol. The zero-order valence-corrected chi connectivity index (χ0v) is 19.8. The van der Waals surface area contributed by atoms with Crippen molar-refractivity contribution in [3.63, 3.8) is 0 Å². The minimum atomic E-state index is -0.562. The number of hydrogen-bond acceptors (Lipinski definition) is 4. The molecule has 0 amide bonds. The number of benzene rings is 2. The first-order valence-electron chi connectivity index (χ1n) is 10.6. The molecule has 1 aliphatic carbocycles.